The van der Waals surface area contributed by atoms with Crippen LogP contribution < -0.4 is 0 Å². The molecular formula is C20H15FO3. The van der Waals surface area contributed by atoms with Gasteiger partial charge in [0.15, 0.2) is 6.10 Å². The highest BCUT2D eigenvalue weighted by Crippen LogP contribution is 2.17. The predicted octanol–water partition coefficient (Wildman–Crippen LogP) is 4.41. The van der Waals surface area contributed by atoms with Crippen molar-refractivity contribution in [3.63, 3.8) is 0 Å². The average molecular weight is 322 g/mol. The molecule has 0 aromatic heterocycles. The van der Waals surface area contributed by atoms with E-state index in [9.17, 15) is 14.0 Å². The molecule has 0 bridgehead atoms. The third-order valence-electron chi connectivity index (χ3n) is 3.77. The summed E-state index contributed by atoms with van der Waals surface area (Å²) in [5.74, 6) is -1.36. The van der Waals surface area contributed by atoms with Crippen molar-refractivity contribution in [3.8, 4) is 0 Å². The van der Waals surface area contributed by atoms with Crippen molar-refractivity contribution in [2.75, 3.05) is 0 Å². The lowest BCUT2D eigenvalue weighted by Crippen LogP contribution is -2.24. The highest BCUT2D eigenvalue weighted by atomic mass is 19.1. The number of Topliss-reactive ketones (excluding diaryl/α,β-unsaturated/α-hetero) is 1. The summed E-state index contributed by atoms with van der Waals surface area (Å²) < 4.78 is 18.2. The maximum atomic E-state index is 12.9. The zero-order valence-corrected chi connectivity index (χ0v) is 13.0. The Morgan fingerprint density at radius 1 is 0.875 bits per heavy atom. The van der Waals surface area contributed by atoms with Gasteiger partial charge in [-0.25, -0.2) is 9.18 Å². The molecule has 0 aliphatic heterocycles. The third kappa shape index (κ3) is 3.33. The maximum Gasteiger partial charge on any atom is 0.338 e. The Bertz CT molecular complexity index is 900. The third-order valence-corrected chi connectivity index (χ3v) is 3.77. The van der Waals surface area contributed by atoms with Gasteiger partial charge in [0.25, 0.3) is 0 Å². The number of fused-ring (bicyclic) bond motifs is 1. The van der Waals surface area contributed by atoms with Crippen LogP contribution in [0.2, 0.25) is 0 Å². The van der Waals surface area contributed by atoms with E-state index in [-0.39, 0.29) is 5.78 Å². The molecule has 0 N–H and O–H groups in total. The van der Waals surface area contributed by atoms with Gasteiger partial charge in [0, 0.05) is 5.56 Å². The van der Waals surface area contributed by atoms with Gasteiger partial charge in [-0.15, -0.1) is 0 Å². The van der Waals surface area contributed by atoms with Crippen molar-refractivity contribution in [2.45, 2.75) is 13.0 Å². The van der Waals surface area contributed by atoms with Gasteiger partial charge in [-0.2, -0.15) is 0 Å². The highest BCUT2D eigenvalue weighted by Gasteiger charge is 2.20. The average Bonchev–Trinajstić information content (AvgIpc) is 2.61. The molecule has 3 aromatic carbocycles. The van der Waals surface area contributed by atoms with E-state index in [4.69, 9.17) is 4.74 Å². The van der Waals surface area contributed by atoms with Gasteiger partial charge >= 0.3 is 5.97 Å². The first-order valence-electron chi connectivity index (χ1n) is 7.54. The molecular weight excluding hydrogens is 307 g/mol. The topological polar surface area (TPSA) is 43.4 Å². The van der Waals surface area contributed by atoms with Crippen LogP contribution in [0, 0.1) is 5.82 Å². The van der Waals surface area contributed by atoms with E-state index < -0.39 is 17.9 Å². The molecule has 0 radical (unpaired) electrons. The summed E-state index contributed by atoms with van der Waals surface area (Å²) in [6.07, 6.45) is -0.950. The normalized spacial score (nSPS) is 11.9. The molecule has 0 aliphatic rings. The molecule has 3 nitrogen and oxygen atoms in total. The quantitative estimate of drug-likeness (QED) is 0.528. The van der Waals surface area contributed by atoms with Gasteiger partial charge < -0.3 is 4.74 Å². The van der Waals surface area contributed by atoms with Crippen LogP contribution in [0.25, 0.3) is 10.8 Å². The summed E-state index contributed by atoms with van der Waals surface area (Å²) in [6, 6.07) is 18.0. The minimum absolute atomic E-state index is 0.301. The van der Waals surface area contributed by atoms with Crippen molar-refractivity contribution in [2.24, 2.45) is 0 Å². The molecule has 3 aromatic rings. The number of rotatable bonds is 4. The fourth-order valence-electron chi connectivity index (χ4n) is 2.45. The van der Waals surface area contributed by atoms with Crippen LogP contribution in [0.5, 0.6) is 0 Å². The Labute approximate surface area is 138 Å². The number of carbonyl (C=O) groups is 2. The summed E-state index contributed by atoms with van der Waals surface area (Å²) in [7, 11) is 0. The number of halogens is 1. The van der Waals surface area contributed by atoms with Crippen molar-refractivity contribution in [3.05, 3.63) is 83.7 Å². The molecule has 0 spiro atoms. The van der Waals surface area contributed by atoms with Crippen molar-refractivity contribution < 1.29 is 18.7 Å². The Morgan fingerprint density at radius 3 is 2.21 bits per heavy atom. The second-order valence-corrected chi connectivity index (χ2v) is 5.48. The molecule has 4 heteroatoms. The largest absolute Gasteiger partial charge is 0.451 e. The summed E-state index contributed by atoms with van der Waals surface area (Å²) >= 11 is 0. The summed E-state index contributed by atoms with van der Waals surface area (Å²) in [5.41, 5.74) is 0.683. The van der Waals surface area contributed by atoms with Crippen molar-refractivity contribution >= 4 is 22.5 Å². The lowest BCUT2D eigenvalue weighted by atomic mass is 10.1. The van der Waals surface area contributed by atoms with Crippen molar-refractivity contribution in [1.82, 2.24) is 0 Å². The van der Waals surface area contributed by atoms with E-state index in [2.05, 4.69) is 0 Å². The summed E-state index contributed by atoms with van der Waals surface area (Å²) in [6.45, 7) is 1.50. The molecule has 0 fully saturated rings. The van der Waals surface area contributed by atoms with E-state index in [0.29, 0.717) is 11.1 Å². The Balaban J connectivity index is 1.75. The highest BCUT2D eigenvalue weighted by molar-refractivity contribution is 6.02. The van der Waals surface area contributed by atoms with Crippen LogP contribution in [-0.4, -0.2) is 17.9 Å². The standard InChI is InChI=1S/C20H15FO3/c1-13(19(22)15-8-10-18(21)11-9-15)24-20(23)17-7-6-14-4-2-3-5-16(14)12-17/h2-13H,1H3/t13-/m0/s1. The summed E-state index contributed by atoms with van der Waals surface area (Å²) in [5, 5.41) is 1.94. The number of ketones is 1. The smallest absolute Gasteiger partial charge is 0.338 e. The number of hydrogen-bond donors (Lipinski definition) is 0. The molecule has 0 heterocycles. The molecule has 0 amide bonds. The minimum atomic E-state index is -0.950. The first-order chi connectivity index (χ1) is 11.5. The van der Waals surface area contributed by atoms with Crippen LogP contribution in [-0.2, 0) is 4.74 Å². The van der Waals surface area contributed by atoms with Gasteiger partial charge in [-0.3, -0.25) is 4.79 Å². The first kappa shape index (κ1) is 15.9. The number of ether oxygens (including phenoxy) is 1. The Hall–Kier alpha value is -3.01. The van der Waals surface area contributed by atoms with Crippen LogP contribution >= 0.6 is 0 Å². The number of benzene rings is 3. The SMILES string of the molecule is C[C@H](OC(=O)c1ccc2ccccc2c1)C(=O)c1ccc(F)cc1. The lowest BCUT2D eigenvalue weighted by Gasteiger charge is -2.12. The van der Waals surface area contributed by atoms with Gasteiger partial charge in [0.2, 0.25) is 5.78 Å². The molecule has 120 valence electrons. The monoisotopic (exact) mass is 322 g/mol. The van der Waals surface area contributed by atoms with E-state index in [1.54, 1.807) is 12.1 Å². The Kier molecular flexibility index (Phi) is 4.38. The van der Waals surface area contributed by atoms with Crippen LogP contribution in [0.4, 0.5) is 4.39 Å². The second-order valence-electron chi connectivity index (χ2n) is 5.48. The number of esters is 1. The fraction of sp³-hybridized carbons (Fsp3) is 0.100. The van der Waals surface area contributed by atoms with Gasteiger partial charge in [-0.05, 0) is 54.1 Å². The molecule has 0 aliphatic carbocycles. The van der Waals surface area contributed by atoms with Crippen molar-refractivity contribution in [1.29, 1.82) is 0 Å². The van der Waals surface area contributed by atoms with E-state index in [1.165, 1.54) is 31.2 Å². The predicted molar refractivity (Wildman–Crippen MR) is 89.6 cm³/mol. The number of hydrogen-bond acceptors (Lipinski definition) is 3. The van der Waals surface area contributed by atoms with E-state index in [1.807, 2.05) is 30.3 Å². The second kappa shape index (κ2) is 6.62. The summed E-state index contributed by atoms with van der Waals surface area (Å²) in [4.78, 5) is 24.5. The molecule has 0 unspecified atom stereocenters. The zero-order valence-electron chi connectivity index (χ0n) is 13.0. The van der Waals surface area contributed by atoms with Gasteiger partial charge in [-0.1, -0.05) is 30.3 Å². The molecule has 24 heavy (non-hydrogen) atoms. The molecule has 0 saturated heterocycles. The van der Waals surface area contributed by atoms with E-state index >= 15 is 0 Å². The first-order valence-corrected chi connectivity index (χ1v) is 7.54. The maximum absolute atomic E-state index is 12.9. The number of carbonyl (C=O) groups excluding carboxylic acids is 2. The van der Waals surface area contributed by atoms with E-state index in [0.717, 1.165) is 10.8 Å². The van der Waals surface area contributed by atoms with Gasteiger partial charge in [0.1, 0.15) is 5.82 Å². The van der Waals surface area contributed by atoms with Crippen LogP contribution in [0.15, 0.2) is 66.7 Å². The molecule has 3 rings (SSSR count). The van der Waals surface area contributed by atoms with Crippen LogP contribution in [0.1, 0.15) is 27.6 Å². The van der Waals surface area contributed by atoms with Gasteiger partial charge in [0.05, 0.1) is 5.56 Å². The lowest BCUT2D eigenvalue weighted by molar-refractivity contribution is 0.0319. The fourth-order valence-corrected chi connectivity index (χ4v) is 2.45. The molecule has 0 saturated carbocycles. The molecule has 1 atom stereocenters. The minimum Gasteiger partial charge on any atom is -0.451 e. The zero-order chi connectivity index (χ0) is 17.1. The Morgan fingerprint density at radius 2 is 1.50 bits per heavy atom. The van der Waals surface area contributed by atoms with Crippen LogP contribution in [0.3, 0.4) is 0 Å².